The molecule has 3 N–H and O–H groups in total. The third kappa shape index (κ3) is 4.06. The molecule has 3 aromatic heterocycles. The Kier molecular flexibility index (Phi) is 6.02. The van der Waals surface area contributed by atoms with Gasteiger partial charge in [-0.15, -0.1) is 22.7 Å². The zero-order chi connectivity index (χ0) is 24.9. The number of benzene rings is 1. The highest BCUT2D eigenvalue weighted by atomic mass is 32.1. The summed E-state index contributed by atoms with van der Waals surface area (Å²) in [6, 6.07) is 5.06. The topological polar surface area (TPSA) is 107 Å². The number of nitrogens with two attached hydrogens (primary N) is 1. The van der Waals surface area contributed by atoms with Crippen molar-refractivity contribution in [2.75, 3.05) is 5.32 Å². The molecule has 10 heteroatoms. The molecule has 3 heterocycles. The van der Waals surface area contributed by atoms with Crippen molar-refractivity contribution in [3.8, 4) is 11.1 Å². The molecule has 0 fully saturated rings. The van der Waals surface area contributed by atoms with Crippen molar-refractivity contribution < 1.29 is 14.0 Å². The summed E-state index contributed by atoms with van der Waals surface area (Å²) in [5, 5.41) is 3.66. The Hall–Kier alpha value is -3.37. The minimum Gasteiger partial charge on any atom is -0.365 e. The highest BCUT2D eigenvalue weighted by molar-refractivity contribution is 7.19. The van der Waals surface area contributed by atoms with E-state index in [1.165, 1.54) is 45.7 Å². The number of carbonyl (C=O) groups is 2. The van der Waals surface area contributed by atoms with Crippen LogP contribution < -0.4 is 16.6 Å². The standard InChI is InChI=1S/C25H23FN4O3S2/c1-12(22(32)29-24-19(21(27)31)16-5-3-4-6-17(16)35-24)30-11-28-23-20(25(30)33)18(13(2)34-23)14-7-9-15(26)10-8-14/h7-12H,3-6H2,1-2H3,(H2,27,31)(H,29,32). The predicted molar refractivity (Wildman–Crippen MR) is 137 cm³/mol. The van der Waals surface area contributed by atoms with Crippen LogP contribution in [0.3, 0.4) is 0 Å². The minimum atomic E-state index is -0.888. The molecule has 1 aromatic carbocycles. The molecule has 1 aliphatic rings. The maximum atomic E-state index is 13.5. The van der Waals surface area contributed by atoms with E-state index in [2.05, 4.69) is 10.3 Å². The summed E-state index contributed by atoms with van der Waals surface area (Å²) in [6.45, 7) is 3.49. The van der Waals surface area contributed by atoms with Crippen molar-refractivity contribution in [1.29, 1.82) is 0 Å². The molecule has 0 spiro atoms. The first kappa shape index (κ1) is 23.4. The number of aryl methyl sites for hydroxylation is 2. The normalized spacial score (nSPS) is 14.0. The quantitative estimate of drug-likeness (QED) is 0.402. The Bertz CT molecular complexity index is 1540. The molecule has 180 valence electrons. The molecule has 0 bridgehead atoms. The van der Waals surface area contributed by atoms with Gasteiger partial charge in [-0.25, -0.2) is 9.37 Å². The Morgan fingerprint density at radius 2 is 1.89 bits per heavy atom. The molecule has 0 saturated carbocycles. The Morgan fingerprint density at radius 3 is 2.60 bits per heavy atom. The summed E-state index contributed by atoms with van der Waals surface area (Å²) in [5.41, 5.74) is 7.98. The average molecular weight is 511 g/mol. The van der Waals surface area contributed by atoms with Crippen molar-refractivity contribution in [3.63, 3.8) is 0 Å². The first-order valence-electron chi connectivity index (χ1n) is 11.3. The maximum Gasteiger partial charge on any atom is 0.263 e. The van der Waals surface area contributed by atoms with Gasteiger partial charge >= 0.3 is 0 Å². The highest BCUT2D eigenvalue weighted by Crippen LogP contribution is 2.38. The number of hydrogen-bond acceptors (Lipinski definition) is 6. The van der Waals surface area contributed by atoms with Gasteiger partial charge in [0.25, 0.3) is 11.5 Å². The van der Waals surface area contributed by atoms with Gasteiger partial charge < -0.3 is 11.1 Å². The van der Waals surface area contributed by atoms with Gasteiger partial charge in [-0.05, 0) is 62.8 Å². The van der Waals surface area contributed by atoms with Crippen LogP contribution in [0.2, 0.25) is 0 Å². The summed E-state index contributed by atoms with van der Waals surface area (Å²) in [5.74, 6) is -1.37. The summed E-state index contributed by atoms with van der Waals surface area (Å²) >= 11 is 2.75. The van der Waals surface area contributed by atoms with Gasteiger partial charge in [0.2, 0.25) is 5.91 Å². The number of halogens is 1. The van der Waals surface area contributed by atoms with E-state index in [4.69, 9.17) is 5.73 Å². The van der Waals surface area contributed by atoms with Gasteiger partial charge in [-0.3, -0.25) is 19.0 Å². The van der Waals surface area contributed by atoms with E-state index in [9.17, 15) is 18.8 Å². The Labute approximate surface area is 208 Å². The maximum absolute atomic E-state index is 13.5. The van der Waals surface area contributed by atoms with Crippen molar-refractivity contribution in [2.45, 2.75) is 45.6 Å². The highest BCUT2D eigenvalue weighted by Gasteiger charge is 2.27. The molecule has 0 aliphatic heterocycles. The number of thiophene rings is 2. The molecule has 7 nitrogen and oxygen atoms in total. The number of rotatable bonds is 5. The monoisotopic (exact) mass is 510 g/mol. The molecule has 0 saturated heterocycles. The smallest absolute Gasteiger partial charge is 0.263 e. The zero-order valence-electron chi connectivity index (χ0n) is 19.2. The lowest BCUT2D eigenvalue weighted by Crippen LogP contribution is -2.32. The van der Waals surface area contributed by atoms with Crippen LogP contribution in [0.15, 0.2) is 35.4 Å². The SMILES string of the molecule is Cc1sc2ncn(C(C)C(=O)Nc3sc4c(c3C(N)=O)CCCC4)c(=O)c2c1-c1ccc(F)cc1. The number of fused-ring (bicyclic) bond motifs is 2. The summed E-state index contributed by atoms with van der Waals surface area (Å²) in [7, 11) is 0. The first-order valence-corrected chi connectivity index (χ1v) is 12.9. The van der Waals surface area contributed by atoms with E-state index in [1.807, 2.05) is 6.92 Å². The number of carbonyl (C=O) groups excluding carboxylic acids is 2. The van der Waals surface area contributed by atoms with Crippen LogP contribution in [-0.2, 0) is 17.6 Å². The third-order valence-electron chi connectivity index (χ3n) is 6.40. The summed E-state index contributed by atoms with van der Waals surface area (Å²) in [4.78, 5) is 45.8. The van der Waals surface area contributed by atoms with Crippen molar-refractivity contribution in [2.24, 2.45) is 5.73 Å². The number of hydrogen-bond donors (Lipinski definition) is 2. The van der Waals surface area contributed by atoms with Gasteiger partial charge in [0.1, 0.15) is 21.7 Å². The molecule has 1 atom stereocenters. The van der Waals surface area contributed by atoms with Crippen LogP contribution in [0.5, 0.6) is 0 Å². The molecule has 1 aliphatic carbocycles. The van der Waals surface area contributed by atoms with Crippen LogP contribution in [0.1, 0.15) is 51.5 Å². The molecule has 1 unspecified atom stereocenters. The van der Waals surface area contributed by atoms with Crippen LogP contribution in [-0.4, -0.2) is 21.4 Å². The zero-order valence-corrected chi connectivity index (χ0v) is 20.8. The fourth-order valence-corrected chi connectivity index (χ4v) is 6.91. The van der Waals surface area contributed by atoms with E-state index in [0.717, 1.165) is 41.0 Å². The van der Waals surface area contributed by atoms with Gasteiger partial charge in [-0.2, -0.15) is 0 Å². The van der Waals surface area contributed by atoms with Crippen molar-refractivity contribution in [1.82, 2.24) is 9.55 Å². The number of amides is 2. The molecule has 35 heavy (non-hydrogen) atoms. The second kappa shape index (κ2) is 9.01. The third-order valence-corrected chi connectivity index (χ3v) is 8.62. The van der Waals surface area contributed by atoms with E-state index in [0.29, 0.717) is 31.9 Å². The lowest BCUT2D eigenvalue weighted by Gasteiger charge is -2.15. The van der Waals surface area contributed by atoms with Crippen molar-refractivity contribution in [3.05, 3.63) is 67.6 Å². The van der Waals surface area contributed by atoms with Gasteiger partial charge in [0.05, 0.1) is 17.3 Å². The lowest BCUT2D eigenvalue weighted by atomic mass is 9.95. The summed E-state index contributed by atoms with van der Waals surface area (Å²) < 4.78 is 14.8. The van der Waals surface area contributed by atoms with Crippen LogP contribution in [0.25, 0.3) is 21.3 Å². The molecular weight excluding hydrogens is 487 g/mol. The fraction of sp³-hybridized carbons (Fsp3) is 0.280. The second-order valence-electron chi connectivity index (χ2n) is 8.62. The van der Waals surface area contributed by atoms with Gasteiger partial charge in [-0.1, -0.05) is 12.1 Å². The largest absolute Gasteiger partial charge is 0.365 e. The number of primary amides is 1. The number of nitrogens with one attached hydrogen (secondary N) is 1. The average Bonchev–Trinajstić information content (AvgIpc) is 3.36. The second-order valence-corrected chi connectivity index (χ2v) is 10.9. The predicted octanol–water partition coefficient (Wildman–Crippen LogP) is 4.81. The molecular formula is C25H23FN4O3S2. The van der Waals surface area contributed by atoms with Gasteiger partial charge in [0.15, 0.2) is 0 Å². The molecule has 0 radical (unpaired) electrons. The van der Waals surface area contributed by atoms with Crippen molar-refractivity contribution >= 4 is 49.7 Å². The Morgan fingerprint density at radius 1 is 1.17 bits per heavy atom. The van der Waals surface area contributed by atoms with Crippen LogP contribution in [0, 0.1) is 12.7 Å². The minimum absolute atomic E-state index is 0.359. The first-order chi connectivity index (χ1) is 16.8. The number of anilines is 1. The fourth-order valence-electron chi connectivity index (χ4n) is 4.61. The summed E-state index contributed by atoms with van der Waals surface area (Å²) in [6.07, 6.45) is 5.00. The molecule has 5 rings (SSSR count). The van der Waals surface area contributed by atoms with Crippen LogP contribution in [0.4, 0.5) is 9.39 Å². The number of aromatic nitrogens is 2. The number of nitrogens with zero attached hydrogens (tertiary/aromatic N) is 2. The Balaban J connectivity index is 1.52. The van der Waals surface area contributed by atoms with E-state index in [1.54, 1.807) is 19.1 Å². The molecule has 4 aromatic rings. The molecule has 2 amide bonds. The van der Waals surface area contributed by atoms with E-state index in [-0.39, 0.29) is 11.4 Å². The van der Waals surface area contributed by atoms with Crippen LogP contribution >= 0.6 is 22.7 Å². The lowest BCUT2D eigenvalue weighted by molar-refractivity contribution is -0.118. The van der Waals surface area contributed by atoms with Gasteiger partial charge in [0, 0.05) is 15.3 Å². The van der Waals surface area contributed by atoms with E-state index < -0.39 is 17.9 Å². The van der Waals surface area contributed by atoms with E-state index >= 15 is 0 Å².